The minimum absolute atomic E-state index is 0.242. The lowest BCUT2D eigenvalue weighted by atomic mass is 10.0. The van der Waals surface area contributed by atoms with Gasteiger partial charge < -0.3 is 9.80 Å². The van der Waals surface area contributed by atoms with E-state index in [2.05, 4.69) is 26.4 Å². The van der Waals surface area contributed by atoms with Crippen molar-refractivity contribution >= 4 is 16.2 Å². The second-order valence-corrected chi connectivity index (χ2v) is 9.34. The molecule has 0 aromatic heterocycles. The predicted molar refractivity (Wildman–Crippen MR) is 115 cm³/mol. The molecule has 1 aromatic carbocycles. The molecule has 0 amide bonds. The molecule has 0 radical (unpaired) electrons. The molecule has 1 N–H and O–H groups in total. The fourth-order valence-electron chi connectivity index (χ4n) is 3.82. The van der Waals surface area contributed by atoms with E-state index in [9.17, 15) is 8.42 Å². The highest BCUT2D eigenvalue weighted by molar-refractivity contribution is 7.89. The van der Waals surface area contributed by atoms with Crippen molar-refractivity contribution in [3.63, 3.8) is 0 Å². The van der Waals surface area contributed by atoms with Crippen LogP contribution in [0.25, 0.3) is 0 Å². The summed E-state index contributed by atoms with van der Waals surface area (Å²) in [6.07, 6.45) is 6.60. The molecule has 3 aliphatic rings. The summed E-state index contributed by atoms with van der Waals surface area (Å²) >= 11 is 0. The van der Waals surface area contributed by atoms with Crippen LogP contribution in [0.15, 0.2) is 69.3 Å². The molecule has 0 saturated carbocycles. The van der Waals surface area contributed by atoms with Crippen LogP contribution in [0.5, 0.6) is 0 Å². The van der Waals surface area contributed by atoms with E-state index in [1.807, 2.05) is 26.2 Å². The van der Waals surface area contributed by atoms with Crippen molar-refractivity contribution in [2.75, 3.05) is 20.3 Å². The van der Waals surface area contributed by atoms with Crippen LogP contribution >= 0.6 is 0 Å². The van der Waals surface area contributed by atoms with E-state index in [-0.39, 0.29) is 4.90 Å². The molecule has 0 spiro atoms. The number of hydrogen-bond acceptors (Lipinski definition) is 7. The van der Waals surface area contributed by atoms with Gasteiger partial charge in [-0.25, -0.2) is 13.5 Å². The molecule has 0 saturated heterocycles. The molecule has 8 nitrogen and oxygen atoms in total. The van der Waals surface area contributed by atoms with Gasteiger partial charge in [0.15, 0.2) is 0 Å². The Morgan fingerprint density at radius 2 is 1.93 bits per heavy atom. The molecule has 3 aliphatic heterocycles. The van der Waals surface area contributed by atoms with Crippen LogP contribution in [-0.2, 0) is 14.9 Å². The van der Waals surface area contributed by atoms with Gasteiger partial charge in [-0.05, 0) is 38.0 Å². The van der Waals surface area contributed by atoms with Gasteiger partial charge in [0.2, 0.25) is 10.0 Å². The number of benzene rings is 1. The molecule has 30 heavy (non-hydrogen) atoms. The summed E-state index contributed by atoms with van der Waals surface area (Å²) in [5.74, 6) is 0.882. The normalized spacial score (nSPS) is 20.9. The minimum Gasteiger partial charge on any atom is -0.333 e. The topological polar surface area (TPSA) is 77.5 Å². The van der Waals surface area contributed by atoms with Crippen molar-refractivity contribution in [2.45, 2.75) is 38.1 Å². The van der Waals surface area contributed by atoms with Crippen molar-refractivity contribution in [3.8, 4) is 0 Å². The molecular weight excluding hydrogens is 402 g/mol. The summed E-state index contributed by atoms with van der Waals surface area (Å²) < 4.78 is 29.0. The Morgan fingerprint density at radius 3 is 2.60 bits per heavy atom. The quantitative estimate of drug-likeness (QED) is 0.749. The van der Waals surface area contributed by atoms with Gasteiger partial charge in [-0.3, -0.25) is 9.83 Å². The van der Waals surface area contributed by atoms with Gasteiger partial charge in [0.05, 0.1) is 36.2 Å². The summed E-state index contributed by atoms with van der Waals surface area (Å²) in [5, 5.41) is 1.72. The number of hydrogen-bond donors (Lipinski definition) is 1. The molecule has 1 atom stereocenters. The SMILES string of the molecule is CCCN1C=C(C)C(NS(=O)(=O)c2ccc(C)cc2)C2=C1N1CN(OC)C=C1C=N2. The summed E-state index contributed by atoms with van der Waals surface area (Å²) in [7, 11) is -2.09. The first-order valence-corrected chi connectivity index (χ1v) is 11.4. The van der Waals surface area contributed by atoms with Crippen LogP contribution in [0.4, 0.5) is 0 Å². The lowest BCUT2D eigenvalue weighted by molar-refractivity contribution is -0.0968. The molecule has 0 bridgehead atoms. The zero-order valence-electron chi connectivity index (χ0n) is 17.7. The van der Waals surface area contributed by atoms with Crippen molar-refractivity contribution in [2.24, 2.45) is 4.99 Å². The van der Waals surface area contributed by atoms with Gasteiger partial charge in [-0.2, -0.15) is 4.72 Å². The number of hydroxylamine groups is 2. The number of nitrogens with one attached hydrogen (secondary N) is 1. The second kappa shape index (κ2) is 7.90. The molecular formula is C21H27N5O3S. The third-order valence-corrected chi connectivity index (χ3v) is 6.79. The Balaban J connectivity index is 1.72. The Labute approximate surface area is 177 Å². The van der Waals surface area contributed by atoms with Gasteiger partial charge >= 0.3 is 0 Å². The van der Waals surface area contributed by atoms with Gasteiger partial charge in [0, 0.05) is 12.7 Å². The smallest absolute Gasteiger partial charge is 0.241 e. The summed E-state index contributed by atoms with van der Waals surface area (Å²) in [5.41, 5.74) is 3.50. The second-order valence-electron chi connectivity index (χ2n) is 7.62. The van der Waals surface area contributed by atoms with Gasteiger partial charge in [0.25, 0.3) is 0 Å². The Bertz CT molecular complexity index is 1060. The van der Waals surface area contributed by atoms with Crippen LogP contribution in [0.1, 0.15) is 25.8 Å². The first kappa shape index (κ1) is 20.6. The highest BCUT2D eigenvalue weighted by Gasteiger charge is 2.38. The standard InChI is InChI=1S/C21H27N5O3S/c1-5-10-24-12-16(3)19(23-30(27,28)18-8-6-15(2)7-9-18)20-21(24)26-14-25(29-4)13-17(26)11-22-20/h6-9,11-13,19,23H,5,10,14H2,1-4H3. The van der Waals surface area contributed by atoms with E-state index in [4.69, 9.17) is 4.84 Å². The number of fused-ring (bicyclic) bond motifs is 2. The zero-order valence-corrected chi connectivity index (χ0v) is 18.5. The first-order valence-electron chi connectivity index (χ1n) is 9.96. The van der Waals surface area contributed by atoms with Crippen LogP contribution < -0.4 is 4.72 Å². The van der Waals surface area contributed by atoms with E-state index in [1.165, 1.54) is 0 Å². The molecule has 0 fully saturated rings. The lowest BCUT2D eigenvalue weighted by Crippen LogP contribution is -2.46. The van der Waals surface area contributed by atoms with Gasteiger partial charge in [-0.15, -0.1) is 0 Å². The molecule has 160 valence electrons. The average molecular weight is 430 g/mol. The number of rotatable bonds is 6. The summed E-state index contributed by atoms with van der Waals surface area (Å²) in [6.45, 7) is 7.30. The van der Waals surface area contributed by atoms with Crippen molar-refractivity contribution in [1.29, 1.82) is 0 Å². The fraction of sp³-hybridized carbons (Fsp3) is 0.381. The average Bonchev–Trinajstić information content (AvgIpc) is 3.14. The number of nitrogens with zero attached hydrogens (tertiary/aromatic N) is 4. The first-order chi connectivity index (χ1) is 14.3. The van der Waals surface area contributed by atoms with E-state index >= 15 is 0 Å². The number of aryl methyl sites for hydroxylation is 1. The predicted octanol–water partition coefficient (Wildman–Crippen LogP) is 2.50. The highest BCUT2D eigenvalue weighted by Crippen LogP contribution is 2.36. The Morgan fingerprint density at radius 1 is 1.20 bits per heavy atom. The lowest BCUT2D eigenvalue weighted by Gasteiger charge is -2.40. The maximum absolute atomic E-state index is 13.1. The van der Waals surface area contributed by atoms with E-state index in [0.29, 0.717) is 12.4 Å². The third kappa shape index (κ3) is 3.64. The Hall–Kier alpha value is -2.62. The maximum Gasteiger partial charge on any atom is 0.241 e. The minimum atomic E-state index is -3.71. The van der Waals surface area contributed by atoms with Crippen LogP contribution in [-0.4, -0.2) is 55.9 Å². The number of allylic oxidation sites excluding steroid dienone is 1. The van der Waals surface area contributed by atoms with E-state index < -0.39 is 16.1 Å². The summed E-state index contributed by atoms with van der Waals surface area (Å²) in [6, 6.07) is 6.30. The molecule has 9 heteroatoms. The van der Waals surface area contributed by atoms with E-state index in [1.54, 1.807) is 42.7 Å². The van der Waals surface area contributed by atoms with Gasteiger partial charge in [0.1, 0.15) is 18.2 Å². The third-order valence-electron chi connectivity index (χ3n) is 5.35. The largest absolute Gasteiger partial charge is 0.333 e. The Kier molecular flexibility index (Phi) is 5.44. The monoisotopic (exact) mass is 429 g/mol. The van der Waals surface area contributed by atoms with Crippen LogP contribution in [0.2, 0.25) is 0 Å². The number of sulfonamides is 1. The van der Waals surface area contributed by atoms with Crippen molar-refractivity contribution < 1.29 is 13.3 Å². The van der Waals surface area contributed by atoms with Crippen LogP contribution in [0, 0.1) is 6.92 Å². The van der Waals surface area contributed by atoms with Crippen molar-refractivity contribution in [3.05, 3.63) is 65.0 Å². The molecule has 3 heterocycles. The molecule has 4 rings (SSSR count). The molecule has 1 aromatic rings. The van der Waals surface area contributed by atoms with E-state index in [0.717, 1.165) is 35.6 Å². The van der Waals surface area contributed by atoms with Crippen molar-refractivity contribution in [1.82, 2.24) is 19.6 Å². The van der Waals surface area contributed by atoms with Crippen LogP contribution in [0.3, 0.4) is 0 Å². The number of aliphatic imine (C=N–C) groups is 1. The highest BCUT2D eigenvalue weighted by atomic mass is 32.2. The van der Waals surface area contributed by atoms with Gasteiger partial charge in [-0.1, -0.05) is 24.6 Å². The maximum atomic E-state index is 13.1. The fourth-order valence-corrected chi connectivity index (χ4v) is 5.06. The zero-order chi connectivity index (χ0) is 21.5. The summed E-state index contributed by atoms with van der Waals surface area (Å²) in [4.78, 5) is 14.5. The molecule has 1 unspecified atom stereocenters. The molecule has 0 aliphatic carbocycles.